The zero-order valence-corrected chi connectivity index (χ0v) is 18.9. The van der Waals surface area contributed by atoms with Crippen molar-refractivity contribution >= 4 is 41.1 Å². The molecule has 0 saturated heterocycles. The molecule has 0 saturated carbocycles. The highest BCUT2D eigenvalue weighted by Crippen LogP contribution is 2.23. The molecular formula is C22H18ClF2N5O5. The molecule has 10 nitrogen and oxygen atoms in total. The molecule has 0 radical (unpaired) electrons. The van der Waals surface area contributed by atoms with Gasteiger partial charge in [-0.15, -0.1) is 0 Å². The Kier molecular flexibility index (Phi) is 7.76. The van der Waals surface area contributed by atoms with Gasteiger partial charge >= 0.3 is 5.97 Å². The number of anilines is 1. The molecule has 0 bridgehead atoms. The van der Waals surface area contributed by atoms with E-state index >= 15 is 0 Å². The van der Waals surface area contributed by atoms with Gasteiger partial charge in [0.2, 0.25) is 5.91 Å². The monoisotopic (exact) mass is 505 g/mol. The van der Waals surface area contributed by atoms with Crippen molar-refractivity contribution in [3.8, 4) is 5.69 Å². The molecule has 3 aromatic rings. The predicted octanol–water partition coefficient (Wildman–Crippen LogP) is 2.45. The Morgan fingerprint density at radius 3 is 2.37 bits per heavy atom. The van der Waals surface area contributed by atoms with E-state index in [1.807, 2.05) is 0 Å². The lowest BCUT2D eigenvalue weighted by Crippen LogP contribution is -2.28. The number of hydrogen-bond donors (Lipinski definition) is 3. The molecule has 0 aliphatic carbocycles. The van der Waals surface area contributed by atoms with E-state index in [2.05, 4.69) is 15.7 Å². The fraction of sp³-hybridized carbons (Fsp3) is 0.136. The molecule has 182 valence electrons. The largest absolute Gasteiger partial charge is 0.451 e. The van der Waals surface area contributed by atoms with Crippen LogP contribution in [0.2, 0.25) is 5.02 Å². The lowest BCUT2D eigenvalue weighted by molar-refractivity contribution is -0.124. The van der Waals surface area contributed by atoms with Crippen LogP contribution < -0.4 is 16.4 Å². The van der Waals surface area contributed by atoms with Gasteiger partial charge in [0.15, 0.2) is 23.9 Å². The minimum absolute atomic E-state index is 0.0763. The number of nitrogens with two attached hydrogens (primary N) is 1. The van der Waals surface area contributed by atoms with Crippen molar-refractivity contribution < 1.29 is 32.7 Å². The van der Waals surface area contributed by atoms with Crippen LogP contribution >= 0.6 is 11.6 Å². The van der Waals surface area contributed by atoms with Crippen LogP contribution in [0.5, 0.6) is 0 Å². The Labute approximate surface area is 202 Å². The number of hydrogen-bond acceptors (Lipinski definition) is 6. The Bertz CT molecular complexity index is 1310. The predicted molar refractivity (Wildman–Crippen MR) is 120 cm³/mol. The SMILES string of the molecule is CCNC(=O)COC(=O)c1cc(NC(=O)c2cc(F)c(F)cc2Cl)n(-c2ccc(C(N)=O)cc2)n1. The van der Waals surface area contributed by atoms with Gasteiger partial charge in [-0.25, -0.2) is 18.3 Å². The van der Waals surface area contributed by atoms with Crippen molar-refractivity contribution in [1.29, 1.82) is 0 Å². The number of likely N-dealkylation sites (N-methyl/N-ethyl adjacent to an activating group) is 1. The van der Waals surface area contributed by atoms with Gasteiger partial charge < -0.3 is 21.1 Å². The van der Waals surface area contributed by atoms with Crippen molar-refractivity contribution in [2.24, 2.45) is 5.73 Å². The van der Waals surface area contributed by atoms with Gasteiger partial charge in [-0.3, -0.25) is 14.4 Å². The van der Waals surface area contributed by atoms with Crippen molar-refractivity contribution in [3.63, 3.8) is 0 Å². The average Bonchev–Trinajstić information content (AvgIpc) is 3.23. The number of aromatic nitrogens is 2. The number of carbonyl (C=O) groups excluding carboxylic acids is 4. The molecule has 2 aromatic carbocycles. The molecule has 0 atom stereocenters. The number of carbonyl (C=O) groups is 4. The number of benzene rings is 2. The fourth-order valence-corrected chi connectivity index (χ4v) is 3.10. The third-order valence-corrected chi connectivity index (χ3v) is 4.83. The smallest absolute Gasteiger partial charge is 0.359 e. The quantitative estimate of drug-likeness (QED) is 0.317. The second-order valence-electron chi connectivity index (χ2n) is 6.97. The van der Waals surface area contributed by atoms with Crippen molar-refractivity contribution in [2.45, 2.75) is 6.92 Å². The van der Waals surface area contributed by atoms with Crippen LogP contribution in [-0.2, 0) is 9.53 Å². The highest BCUT2D eigenvalue weighted by molar-refractivity contribution is 6.34. The number of halogens is 3. The molecule has 4 N–H and O–H groups in total. The molecule has 0 aliphatic rings. The molecule has 1 aromatic heterocycles. The van der Waals surface area contributed by atoms with E-state index in [-0.39, 0.29) is 27.7 Å². The minimum atomic E-state index is -1.29. The van der Waals surface area contributed by atoms with Crippen LogP contribution in [0.1, 0.15) is 38.1 Å². The van der Waals surface area contributed by atoms with E-state index in [0.717, 1.165) is 10.7 Å². The number of rotatable bonds is 8. The highest BCUT2D eigenvalue weighted by Gasteiger charge is 2.22. The summed E-state index contributed by atoms with van der Waals surface area (Å²) in [4.78, 5) is 48.1. The lowest BCUT2D eigenvalue weighted by Gasteiger charge is -2.10. The summed E-state index contributed by atoms with van der Waals surface area (Å²) in [6.45, 7) is 1.48. The fourth-order valence-electron chi connectivity index (χ4n) is 2.87. The molecule has 0 aliphatic heterocycles. The topological polar surface area (TPSA) is 145 Å². The summed E-state index contributed by atoms with van der Waals surface area (Å²) in [6.07, 6.45) is 0. The highest BCUT2D eigenvalue weighted by atomic mass is 35.5. The molecule has 13 heteroatoms. The van der Waals surface area contributed by atoms with E-state index in [1.165, 1.54) is 24.3 Å². The summed E-state index contributed by atoms with van der Waals surface area (Å²) < 4.78 is 33.1. The maximum Gasteiger partial charge on any atom is 0.359 e. The van der Waals surface area contributed by atoms with Gasteiger partial charge in [-0.1, -0.05) is 11.6 Å². The summed E-state index contributed by atoms with van der Waals surface area (Å²) in [5.74, 6) is -5.69. The first-order valence-electron chi connectivity index (χ1n) is 10.0. The third-order valence-electron chi connectivity index (χ3n) is 4.52. The molecule has 0 unspecified atom stereocenters. The summed E-state index contributed by atoms with van der Waals surface area (Å²) in [6, 6.07) is 8.09. The molecular weight excluding hydrogens is 488 g/mol. The molecule has 0 fully saturated rings. The normalized spacial score (nSPS) is 10.5. The molecule has 0 spiro atoms. The Morgan fingerprint density at radius 1 is 1.09 bits per heavy atom. The second kappa shape index (κ2) is 10.7. The number of amides is 3. The average molecular weight is 506 g/mol. The van der Waals surface area contributed by atoms with Crippen molar-refractivity contribution in [2.75, 3.05) is 18.5 Å². The lowest BCUT2D eigenvalue weighted by atomic mass is 10.2. The first kappa shape index (κ1) is 25.3. The summed E-state index contributed by atoms with van der Waals surface area (Å²) in [5.41, 5.74) is 5.08. The first-order chi connectivity index (χ1) is 16.6. The van der Waals surface area contributed by atoms with Crippen LogP contribution in [0.3, 0.4) is 0 Å². The van der Waals surface area contributed by atoms with E-state index in [4.69, 9.17) is 22.1 Å². The van der Waals surface area contributed by atoms with Gasteiger partial charge in [0.05, 0.1) is 16.3 Å². The van der Waals surface area contributed by atoms with Crippen molar-refractivity contribution in [3.05, 3.63) is 75.9 Å². The van der Waals surface area contributed by atoms with Gasteiger partial charge in [0.1, 0.15) is 5.82 Å². The van der Waals surface area contributed by atoms with Gasteiger partial charge in [-0.2, -0.15) is 5.10 Å². The second-order valence-corrected chi connectivity index (χ2v) is 7.37. The zero-order valence-electron chi connectivity index (χ0n) is 18.1. The molecule has 1 heterocycles. The molecule has 3 amide bonds. The Balaban J connectivity index is 1.95. The number of esters is 1. The van der Waals surface area contributed by atoms with Crippen LogP contribution in [0.4, 0.5) is 14.6 Å². The van der Waals surface area contributed by atoms with Crippen LogP contribution in [-0.4, -0.2) is 46.6 Å². The van der Waals surface area contributed by atoms with Crippen LogP contribution in [0.15, 0.2) is 42.5 Å². The van der Waals surface area contributed by atoms with E-state index < -0.39 is 41.9 Å². The molecule has 35 heavy (non-hydrogen) atoms. The number of nitrogens with zero attached hydrogens (tertiary/aromatic N) is 2. The summed E-state index contributed by atoms with van der Waals surface area (Å²) >= 11 is 5.87. The third kappa shape index (κ3) is 5.98. The molecule has 3 rings (SSSR count). The van der Waals surface area contributed by atoms with Gasteiger partial charge in [-0.05, 0) is 43.3 Å². The Morgan fingerprint density at radius 2 is 1.74 bits per heavy atom. The number of nitrogens with one attached hydrogen (secondary N) is 2. The minimum Gasteiger partial charge on any atom is -0.451 e. The van der Waals surface area contributed by atoms with Gasteiger partial charge in [0.25, 0.3) is 11.8 Å². The van der Waals surface area contributed by atoms with Crippen LogP contribution in [0.25, 0.3) is 5.69 Å². The Hall–Kier alpha value is -4.32. The maximum absolute atomic E-state index is 13.7. The summed E-state index contributed by atoms with van der Waals surface area (Å²) in [7, 11) is 0. The standard InChI is InChI=1S/C22H18ClF2N5O5/c1-2-27-19(31)10-35-22(34)17-9-18(28-21(33)13-7-15(24)16(25)8-14(13)23)30(29-17)12-5-3-11(4-6-12)20(26)32/h3-9H,2,10H2,1H3,(H2,26,32)(H,27,31)(H,28,33). The zero-order chi connectivity index (χ0) is 25.7. The number of primary amides is 1. The van der Waals surface area contributed by atoms with E-state index in [0.29, 0.717) is 24.4 Å². The number of ether oxygens (including phenoxy) is 1. The van der Waals surface area contributed by atoms with Crippen molar-refractivity contribution in [1.82, 2.24) is 15.1 Å². The maximum atomic E-state index is 13.7. The summed E-state index contributed by atoms with van der Waals surface area (Å²) in [5, 5.41) is 8.63. The van der Waals surface area contributed by atoms with E-state index in [1.54, 1.807) is 6.92 Å². The first-order valence-corrected chi connectivity index (χ1v) is 10.4. The van der Waals surface area contributed by atoms with Crippen LogP contribution in [0, 0.1) is 11.6 Å². The van der Waals surface area contributed by atoms with E-state index in [9.17, 15) is 28.0 Å². The van der Waals surface area contributed by atoms with Gasteiger partial charge in [0, 0.05) is 18.2 Å².